The summed E-state index contributed by atoms with van der Waals surface area (Å²) in [5.41, 5.74) is 0.468. The Bertz CT molecular complexity index is 498. The van der Waals surface area contributed by atoms with E-state index in [4.69, 9.17) is 4.74 Å². The zero-order valence-electron chi connectivity index (χ0n) is 12.4. The van der Waals surface area contributed by atoms with Crippen molar-refractivity contribution in [2.75, 3.05) is 0 Å². The van der Waals surface area contributed by atoms with Crippen LogP contribution in [0.5, 0.6) is 0 Å². The van der Waals surface area contributed by atoms with E-state index in [9.17, 15) is 4.79 Å². The second-order valence-electron chi connectivity index (χ2n) is 5.26. The molecule has 2 aliphatic rings. The Balaban J connectivity index is 2.20. The van der Waals surface area contributed by atoms with Crippen LogP contribution in [0.4, 0.5) is 0 Å². The smallest absolute Gasteiger partial charge is 0.266 e. The van der Waals surface area contributed by atoms with E-state index in [2.05, 4.69) is 37.6 Å². The van der Waals surface area contributed by atoms with Crippen LogP contribution in [-0.2, 0) is 9.53 Å². The van der Waals surface area contributed by atoms with Crippen LogP contribution in [0.25, 0.3) is 0 Å². The summed E-state index contributed by atoms with van der Waals surface area (Å²) >= 11 is 0. The molecule has 0 saturated carbocycles. The molecule has 0 radical (unpaired) electrons. The molecule has 4 nitrogen and oxygen atoms in total. The lowest BCUT2D eigenvalue weighted by Crippen LogP contribution is -2.42. The van der Waals surface area contributed by atoms with Crippen LogP contribution in [0, 0.1) is 17.8 Å². The Morgan fingerprint density at radius 3 is 2.90 bits per heavy atom. The van der Waals surface area contributed by atoms with Crippen molar-refractivity contribution in [1.29, 1.82) is 0 Å². The molecule has 1 fully saturated rings. The summed E-state index contributed by atoms with van der Waals surface area (Å²) in [6, 6.07) is 0. The van der Waals surface area contributed by atoms with Gasteiger partial charge in [-0.05, 0) is 18.8 Å². The average molecular weight is 274 g/mol. The van der Waals surface area contributed by atoms with Crippen LogP contribution in [-0.4, -0.2) is 23.1 Å². The molecular weight excluding hydrogens is 252 g/mol. The number of ether oxygens (including phenoxy) is 1. The van der Waals surface area contributed by atoms with Crippen LogP contribution in [0.3, 0.4) is 0 Å². The topological polar surface area (TPSA) is 41.6 Å². The first-order valence-electron chi connectivity index (χ1n) is 7.21. The highest BCUT2D eigenvalue weighted by molar-refractivity contribution is 5.99. The minimum absolute atomic E-state index is 0.0681. The van der Waals surface area contributed by atoms with Gasteiger partial charge in [0.2, 0.25) is 0 Å². The molecule has 2 rings (SSSR count). The number of nitrogens with zero attached hydrogens (tertiary/aromatic N) is 1. The number of nitrogens with one attached hydrogen (secondary N) is 1. The Morgan fingerprint density at radius 1 is 1.55 bits per heavy atom. The van der Waals surface area contributed by atoms with E-state index >= 15 is 0 Å². The van der Waals surface area contributed by atoms with Crippen LogP contribution in [0.15, 0.2) is 24.2 Å². The Morgan fingerprint density at radius 2 is 2.30 bits per heavy atom. The Kier molecular flexibility index (Phi) is 4.51. The van der Waals surface area contributed by atoms with Gasteiger partial charge in [0.1, 0.15) is 17.6 Å². The van der Waals surface area contributed by atoms with E-state index in [1.165, 1.54) is 0 Å². The van der Waals surface area contributed by atoms with Crippen LogP contribution >= 0.6 is 0 Å². The highest BCUT2D eigenvalue weighted by atomic mass is 16.5. The Labute approximate surface area is 120 Å². The molecular formula is C16H22N2O2. The first-order valence-corrected chi connectivity index (χ1v) is 7.21. The van der Waals surface area contributed by atoms with E-state index in [-0.39, 0.29) is 18.2 Å². The van der Waals surface area contributed by atoms with Gasteiger partial charge in [0.05, 0.1) is 6.10 Å². The number of rotatable bonds is 2. The van der Waals surface area contributed by atoms with Gasteiger partial charge in [-0.1, -0.05) is 39.2 Å². The van der Waals surface area contributed by atoms with E-state index in [1.807, 2.05) is 11.8 Å². The molecule has 1 amide bonds. The standard InChI is InChI=1S/C16H22N2O2/c1-5-7-8-13-10-18(12(4)17-16(13)19)15-9-11(3)14(6-2)20-15/h10-11,14-15H,4-6,9H2,1-3H3,(H,17,19). The van der Waals surface area contributed by atoms with Gasteiger partial charge in [-0.25, -0.2) is 0 Å². The highest BCUT2D eigenvalue weighted by Gasteiger charge is 2.36. The van der Waals surface area contributed by atoms with Gasteiger partial charge in [-0.2, -0.15) is 0 Å². The van der Waals surface area contributed by atoms with E-state index in [0.717, 1.165) is 19.3 Å². The lowest BCUT2D eigenvalue weighted by Gasteiger charge is -2.32. The minimum Gasteiger partial charge on any atom is -0.354 e. The van der Waals surface area contributed by atoms with Gasteiger partial charge < -0.3 is 15.0 Å². The summed E-state index contributed by atoms with van der Waals surface area (Å²) in [5.74, 6) is 6.70. The molecule has 1 saturated heterocycles. The van der Waals surface area contributed by atoms with Crippen molar-refractivity contribution in [2.45, 2.75) is 52.4 Å². The van der Waals surface area contributed by atoms with E-state index in [1.54, 1.807) is 6.20 Å². The molecule has 3 atom stereocenters. The molecule has 0 aromatic heterocycles. The molecule has 20 heavy (non-hydrogen) atoms. The number of carbonyl (C=O) groups excluding carboxylic acids is 1. The lowest BCUT2D eigenvalue weighted by atomic mass is 10.0. The monoisotopic (exact) mass is 274 g/mol. The third-order valence-electron chi connectivity index (χ3n) is 3.73. The van der Waals surface area contributed by atoms with Gasteiger partial charge >= 0.3 is 0 Å². The van der Waals surface area contributed by atoms with Crippen molar-refractivity contribution in [3.8, 4) is 11.8 Å². The molecule has 0 aromatic rings. The third-order valence-corrected chi connectivity index (χ3v) is 3.73. The number of hydrogen-bond donors (Lipinski definition) is 1. The minimum atomic E-state index is -0.190. The zero-order chi connectivity index (χ0) is 14.7. The van der Waals surface area contributed by atoms with Gasteiger partial charge in [0.15, 0.2) is 0 Å². The van der Waals surface area contributed by atoms with Crippen LogP contribution < -0.4 is 5.32 Å². The van der Waals surface area contributed by atoms with E-state index < -0.39 is 0 Å². The van der Waals surface area contributed by atoms with Crippen molar-refractivity contribution in [2.24, 2.45) is 5.92 Å². The molecule has 2 heterocycles. The number of hydrogen-bond acceptors (Lipinski definition) is 3. The fourth-order valence-electron chi connectivity index (χ4n) is 2.61. The molecule has 0 bridgehead atoms. The lowest BCUT2D eigenvalue weighted by molar-refractivity contribution is -0.118. The number of carbonyl (C=O) groups is 1. The summed E-state index contributed by atoms with van der Waals surface area (Å²) in [7, 11) is 0. The highest BCUT2D eigenvalue weighted by Crippen LogP contribution is 2.32. The molecule has 0 spiro atoms. The third kappa shape index (κ3) is 2.88. The quantitative estimate of drug-likeness (QED) is 0.786. The Hall–Kier alpha value is -1.73. The normalized spacial score (nSPS) is 29.6. The molecule has 2 aliphatic heterocycles. The van der Waals surface area contributed by atoms with Gasteiger partial charge in [-0.15, -0.1) is 0 Å². The first-order chi connectivity index (χ1) is 9.56. The summed E-state index contributed by atoms with van der Waals surface area (Å²) < 4.78 is 6.04. The zero-order valence-corrected chi connectivity index (χ0v) is 12.4. The van der Waals surface area contributed by atoms with Gasteiger partial charge in [0, 0.05) is 12.6 Å². The fourth-order valence-corrected chi connectivity index (χ4v) is 2.61. The predicted octanol–water partition coefficient (Wildman–Crippen LogP) is 2.35. The molecule has 0 aliphatic carbocycles. The van der Waals surface area contributed by atoms with Gasteiger partial charge in [0.25, 0.3) is 5.91 Å². The fraction of sp³-hybridized carbons (Fsp3) is 0.562. The summed E-state index contributed by atoms with van der Waals surface area (Å²) in [6.45, 7) is 10.2. The maximum atomic E-state index is 11.8. The second-order valence-corrected chi connectivity index (χ2v) is 5.26. The summed E-state index contributed by atoms with van der Waals surface area (Å²) in [6.07, 6.45) is 4.61. The van der Waals surface area contributed by atoms with Crippen LogP contribution in [0.1, 0.15) is 40.0 Å². The van der Waals surface area contributed by atoms with Crippen molar-refractivity contribution >= 4 is 5.91 Å². The summed E-state index contributed by atoms with van der Waals surface area (Å²) in [5, 5.41) is 2.75. The maximum absolute atomic E-state index is 11.8. The largest absolute Gasteiger partial charge is 0.354 e. The second kappa shape index (κ2) is 6.15. The van der Waals surface area contributed by atoms with Crippen LogP contribution in [0.2, 0.25) is 0 Å². The van der Waals surface area contributed by atoms with Crippen molar-refractivity contribution < 1.29 is 9.53 Å². The molecule has 108 valence electrons. The summed E-state index contributed by atoms with van der Waals surface area (Å²) in [4.78, 5) is 13.7. The maximum Gasteiger partial charge on any atom is 0.266 e. The van der Waals surface area contributed by atoms with Crippen molar-refractivity contribution in [1.82, 2.24) is 10.2 Å². The first kappa shape index (κ1) is 14.7. The molecule has 4 heteroatoms. The molecule has 3 unspecified atom stereocenters. The molecule has 1 N–H and O–H groups in total. The van der Waals surface area contributed by atoms with Crippen molar-refractivity contribution in [3.05, 3.63) is 24.2 Å². The van der Waals surface area contributed by atoms with Gasteiger partial charge in [-0.3, -0.25) is 4.79 Å². The number of amides is 1. The predicted molar refractivity (Wildman–Crippen MR) is 78.0 cm³/mol. The average Bonchev–Trinajstić information content (AvgIpc) is 2.79. The van der Waals surface area contributed by atoms with Crippen molar-refractivity contribution in [3.63, 3.8) is 0 Å². The van der Waals surface area contributed by atoms with E-state index in [0.29, 0.717) is 17.3 Å². The molecule has 0 aromatic carbocycles. The SMILES string of the molecule is C=C1NC(=O)C(C#CCC)=CN1C1CC(C)C(CC)O1.